The summed E-state index contributed by atoms with van der Waals surface area (Å²) in [5.41, 5.74) is -0.668. The SMILES string of the molecule is COc1ccc(C(=O)NC2(C(=O)O)CC2)cc1Br. The maximum atomic E-state index is 11.9. The Labute approximate surface area is 112 Å². The van der Waals surface area contributed by atoms with Crippen molar-refractivity contribution in [1.82, 2.24) is 5.32 Å². The molecule has 1 fully saturated rings. The fourth-order valence-corrected chi connectivity index (χ4v) is 2.16. The first-order valence-electron chi connectivity index (χ1n) is 5.38. The van der Waals surface area contributed by atoms with Crippen LogP contribution in [0.5, 0.6) is 5.75 Å². The van der Waals surface area contributed by atoms with Crippen LogP contribution in [0.4, 0.5) is 0 Å². The Morgan fingerprint density at radius 1 is 1.44 bits per heavy atom. The quantitative estimate of drug-likeness (QED) is 0.889. The number of hydrogen-bond acceptors (Lipinski definition) is 3. The third-order valence-corrected chi connectivity index (χ3v) is 3.55. The van der Waals surface area contributed by atoms with Crippen LogP contribution in [-0.4, -0.2) is 29.6 Å². The monoisotopic (exact) mass is 313 g/mol. The van der Waals surface area contributed by atoms with Crippen molar-refractivity contribution in [3.63, 3.8) is 0 Å². The molecule has 0 aromatic heterocycles. The number of amides is 1. The summed E-state index contributed by atoms with van der Waals surface area (Å²) in [6, 6.07) is 4.85. The molecule has 1 saturated carbocycles. The van der Waals surface area contributed by atoms with E-state index >= 15 is 0 Å². The molecule has 1 aromatic carbocycles. The highest BCUT2D eigenvalue weighted by Gasteiger charge is 2.51. The van der Waals surface area contributed by atoms with Gasteiger partial charge in [0.05, 0.1) is 11.6 Å². The summed E-state index contributed by atoms with van der Waals surface area (Å²) >= 11 is 3.28. The minimum atomic E-state index is -1.07. The number of aliphatic carboxylic acids is 1. The molecule has 2 N–H and O–H groups in total. The van der Waals surface area contributed by atoms with E-state index in [1.54, 1.807) is 18.2 Å². The van der Waals surface area contributed by atoms with Crippen LogP contribution in [-0.2, 0) is 4.79 Å². The predicted molar refractivity (Wildman–Crippen MR) is 67.8 cm³/mol. The van der Waals surface area contributed by atoms with E-state index in [2.05, 4.69) is 21.2 Å². The topological polar surface area (TPSA) is 75.6 Å². The molecule has 1 aliphatic rings. The third-order valence-electron chi connectivity index (χ3n) is 2.93. The maximum absolute atomic E-state index is 11.9. The van der Waals surface area contributed by atoms with Gasteiger partial charge in [0, 0.05) is 5.56 Å². The maximum Gasteiger partial charge on any atom is 0.329 e. The van der Waals surface area contributed by atoms with Crippen molar-refractivity contribution in [2.24, 2.45) is 0 Å². The molecular formula is C12H12BrNO4. The molecule has 1 aromatic rings. The van der Waals surface area contributed by atoms with Gasteiger partial charge in [-0.1, -0.05) is 0 Å². The van der Waals surface area contributed by atoms with E-state index < -0.39 is 17.4 Å². The summed E-state index contributed by atoms with van der Waals surface area (Å²) in [7, 11) is 1.53. The molecule has 5 nitrogen and oxygen atoms in total. The Hall–Kier alpha value is -1.56. The van der Waals surface area contributed by atoms with Gasteiger partial charge < -0.3 is 15.2 Å². The minimum absolute atomic E-state index is 0.391. The standard InChI is InChI=1S/C12H12BrNO4/c1-18-9-3-2-7(6-8(9)13)10(15)14-12(4-5-12)11(16)17/h2-3,6H,4-5H2,1H3,(H,14,15)(H,16,17). The van der Waals surface area contributed by atoms with Crippen LogP contribution in [0.1, 0.15) is 23.2 Å². The summed E-state index contributed by atoms with van der Waals surface area (Å²) in [4.78, 5) is 22.9. The van der Waals surface area contributed by atoms with E-state index in [4.69, 9.17) is 9.84 Å². The molecule has 0 radical (unpaired) electrons. The highest BCUT2D eigenvalue weighted by Crippen LogP contribution is 2.36. The fraction of sp³-hybridized carbons (Fsp3) is 0.333. The second-order valence-electron chi connectivity index (χ2n) is 4.19. The Bertz CT molecular complexity index is 511. The lowest BCUT2D eigenvalue weighted by Gasteiger charge is -2.13. The van der Waals surface area contributed by atoms with Gasteiger partial charge in [0.15, 0.2) is 0 Å². The van der Waals surface area contributed by atoms with Gasteiger partial charge in [0.1, 0.15) is 11.3 Å². The molecule has 0 atom stereocenters. The summed E-state index contributed by atoms with van der Waals surface area (Å²) in [6.45, 7) is 0. The highest BCUT2D eigenvalue weighted by molar-refractivity contribution is 9.10. The van der Waals surface area contributed by atoms with Crippen LogP contribution in [0.25, 0.3) is 0 Å². The van der Waals surface area contributed by atoms with E-state index in [1.165, 1.54) is 7.11 Å². The highest BCUT2D eigenvalue weighted by atomic mass is 79.9. The van der Waals surface area contributed by atoms with Crippen LogP contribution in [0, 0.1) is 0 Å². The average Bonchev–Trinajstić information content (AvgIpc) is 3.10. The summed E-state index contributed by atoms with van der Waals surface area (Å²) in [6.07, 6.45) is 0.955. The lowest BCUT2D eigenvalue weighted by atomic mass is 10.1. The van der Waals surface area contributed by atoms with Gasteiger partial charge in [-0.2, -0.15) is 0 Å². The first-order chi connectivity index (χ1) is 8.48. The first-order valence-corrected chi connectivity index (χ1v) is 6.17. The number of hydrogen-bond donors (Lipinski definition) is 2. The van der Waals surface area contributed by atoms with Crippen molar-refractivity contribution in [3.05, 3.63) is 28.2 Å². The van der Waals surface area contributed by atoms with Crippen LogP contribution in [0.2, 0.25) is 0 Å². The van der Waals surface area contributed by atoms with Gasteiger partial charge in [0.25, 0.3) is 5.91 Å². The van der Waals surface area contributed by atoms with Gasteiger partial charge >= 0.3 is 5.97 Å². The van der Waals surface area contributed by atoms with Crippen molar-refractivity contribution in [2.45, 2.75) is 18.4 Å². The van der Waals surface area contributed by atoms with Crippen molar-refractivity contribution >= 4 is 27.8 Å². The Kier molecular flexibility index (Phi) is 3.30. The average molecular weight is 314 g/mol. The second kappa shape index (κ2) is 4.61. The lowest BCUT2D eigenvalue weighted by Crippen LogP contribution is -2.43. The molecule has 96 valence electrons. The molecule has 0 bridgehead atoms. The zero-order chi connectivity index (χ0) is 13.3. The van der Waals surface area contributed by atoms with Crippen molar-refractivity contribution in [3.8, 4) is 5.75 Å². The van der Waals surface area contributed by atoms with Crippen molar-refractivity contribution in [1.29, 1.82) is 0 Å². The second-order valence-corrected chi connectivity index (χ2v) is 5.05. The number of halogens is 1. The lowest BCUT2D eigenvalue weighted by molar-refractivity contribution is -0.140. The molecule has 0 unspecified atom stereocenters. The minimum Gasteiger partial charge on any atom is -0.496 e. The zero-order valence-corrected chi connectivity index (χ0v) is 11.3. The Morgan fingerprint density at radius 3 is 2.56 bits per heavy atom. The van der Waals surface area contributed by atoms with E-state index in [-0.39, 0.29) is 0 Å². The van der Waals surface area contributed by atoms with E-state index in [9.17, 15) is 9.59 Å². The van der Waals surface area contributed by atoms with Crippen LogP contribution in [0.15, 0.2) is 22.7 Å². The number of carbonyl (C=O) groups is 2. The number of nitrogens with one attached hydrogen (secondary N) is 1. The molecular weight excluding hydrogens is 302 g/mol. The van der Waals surface area contributed by atoms with Gasteiger partial charge in [-0.25, -0.2) is 4.79 Å². The predicted octanol–water partition coefficient (Wildman–Crippen LogP) is 1.80. The van der Waals surface area contributed by atoms with Crippen LogP contribution in [0.3, 0.4) is 0 Å². The van der Waals surface area contributed by atoms with Crippen LogP contribution < -0.4 is 10.1 Å². The van der Waals surface area contributed by atoms with E-state index in [0.717, 1.165) is 0 Å². The smallest absolute Gasteiger partial charge is 0.329 e. The summed E-state index contributed by atoms with van der Waals surface area (Å²) in [5.74, 6) is -0.757. The first kappa shape index (κ1) is 12.9. The summed E-state index contributed by atoms with van der Waals surface area (Å²) < 4.78 is 5.71. The molecule has 1 amide bonds. The van der Waals surface area contributed by atoms with E-state index in [0.29, 0.717) is 28.6 Å². The zero-order valence-electron chi connectivity index (χ0n) is 9.70. The number of carboxylic acid groups (broad SMARTS) is 1. The molecule has 0 spiro atoms. The molecule has 18 heavy (non-hydrogen) atoms. The Balaban J connectivity index is 2.15. The number of methoxy groups -OCH3 is 1. The fourth-order valence-electron chi connectivity index (χ4n) is 1.61. The van der Waals surface area contributed by atoms with E-state index in [1.807, 2.05) is 0 Å². The van der Waals surface area contributed by atoms with Gasteiger partial charge in [-0.3, -0.25) is 4.79 Å². The number of benzene rings is 1. The van der Waals surface area contributed by atoms with Crippen molar-refractivity contribution < 1.29 is 19.4 Å². The molecule has 6 heteroatoms. The third kappa shape index (κ3) is 2.33. The van der Waals surface area contributed by atoms with Crippen LogP contribution >= 0.6 is 15.9 Å². The Morgan fingerprint density at radius 2 is 2.11 bits per heavy atom. The molecule has 2 rings (SSSR count). The molecule has 0 saturated heterocycles. The molecule has 0 heterocycles. The number of carbonyl (C=O) groups excluding carboxylic acids is 1. The largest absolute Gasteiger partial charge is 0.496 e. The number of rotatable bonds is 4. The molecule has 1 aliphatic carbocycles. The normalized spacial score (nSPS) is 15.9. The van der Waals surface area contributed by atoms with Crippen molar-refractivity contribution in [2.75, 3.05) is 7.11 Å². The summed E-state index contributed by atoms with van der Waals surface area (Å²) in [5, 5.41) is 11.5. The van der Waals surface area contributed by atoms with Gasteiger partial charge in [-0.05, 0) is 47.0 Å². The van der Waals surface area contributed by atoms with Gasteiger partial charge in [0.2, 0.25) is 0 Å². The van der Waals surface area contributed by atoms with Gasteiger partial charge in [-0.15, -0.1) is 0 Å². The number of ether oxygens (including phenoxy) is 1. The number of carboxylic acids is 1. The molecule has 0 aliphatic heterocycles.